The van der Waals surface area contributed by atoms with Crippen molar-refractivity contribution < 1.29 is 13.9 Å². The molecule has 1 heterocycles. The number of carbonyl (C=O) groups excluding carboxylic acids is 1. The van der Waals surface area contributed by atoms with E-state index in [9.17, 15) is 9.18 Å². The summed E-state index contributed by atoms with van der Waals surface area (Å²) in [5.41, 5.74) is 7.78. The third kappa shape index (κ3) is 4.08. The van der Waals surface area contributed by atoms with E-state index in [0.717, 1.165) is 5.56 Å². The average Bonchev–Trinajstić information content (AvgIpc) is 2.98. The molecule has 27 heavy (non-hydrogen) atoms. The highest BCUT2D eigenvalue weighted by molar-refractivity contribution is 9.10. The standard InChI is InChI=1S/C18H17BrFN5O2/c1-10-3-6-15(27-2)14(7-10)22-18(26)16-17(21)25(24-23-16)9-11-4-5-12(19)8-13(11)20/h3-8H,9,21H2,1-2H3,(H,22,26). The third-order valence-corrected chi connectivity index (χ3v) is 4.42. The summed E-state index contributed by atoms with van der Waals surface area (Å²) >= 11 is 3.20. The highest BCUT2D eigenvalue weighted by atomic mass is 79.9. The number of aryl methyl sites for hydroxylation is 1. The molecule has 0 spiro atoms. The first-order chi connectivity index (χ1) is 12.9. The predicted octanol–water partition coefficient (Wildman–Crippen LogP) is 3.38. The summed E-state index contributed by atoms with van der Waals surface area (Å²) in [5.74, 6) is -0.382. The topological polar surface area (TPSA) is 95.1 Å². The Labute approximate surface area is 163 Å². The van der Waals surface area contributed by atoms with E-state index in [-0.39, 0.29) is 18.1 Å². The van der Waals surface area contributed by atoms with Gasteiger partial charge in [0.05, 0.1) is 19.3 Å². The number of methoxy groups -OCH3 is 1. The monoisotopic (exact) mass is 433 g/mol. The fourth-order valence-corrected chi connectivity index (χ4v) is 2.84. The number of nitrogens with two attached hydrogens (primary N) is 1. The van der Waals surface area contributed by atoms with E-state index in [1.165, 1.54) is 17.9 Å². The second-order valence-corrected chi connectivity index (χ2v) is 6.79. The van der Waals surface area contributed by atoms with Gasteiger partial charge in [0.2, 0.25) is 0 Å². The van der Waals surface area contributed by atoms with Gasteiger partial charge in [-0.1, -0.05) is 33.3 Å². The molecule has 0 atom stereocenters. The number of anilines is 2. The summed E-state index contributed by atoms with van der Waals surface area (Å²) in [6.45, 7) is 1.95. The lowest BCUT2D eigenvalue weighted by Crippen LogP contribution is -2.16. The lowest BCUT2D eigenvalue weighted by atomic mass is 10.2. The molecular weight excluding hydrogens is 417 g/mol. The van der Waals surface area contributed by atoms with Crippen LogP contribution in [0.3, 0.4) is 0 Å². The number of nitrogens with zero attached hydrogens (tertiary/aromatic N) is 3. The van der Waals surface area contributed by atoms with Gasteiger partial charge in [-0.2, -0.15) is 0 Å². The molecule has 3 aromatic rings. The highest BCUT2D eigenvalue weighted by Gasteiger charge is 2.20. The van der Waals surface area contributed by atoms with Crippen LogP contribution in [0.25, 0.3) is 0 Å². The van der Waals surface area contributed by atoms with E-state index in [2.05, 4.69) is 31.6 Å². The Bertz CT molecular complexity index is 1010. The number of nitrogen functional groups attached to an aromatic ring is 1. The number of benzene rings is 2. The largest absolute Gasteiger partial charge is 0.495 e. The zero-order chi connectivity index (χ0) is 19.6. The molecule has 0 aliphatic carbocycles. The van der Waals surface area contributed by atoms with Crippen LogP contribution in [0.1, 0.15) is 21.6 Å². The van der Waals surface area contributed by atoms with Crippen LogP contribution in [0.4, 0.5) is 15.9 Å². The summed E-state index contributed by atoms with van der Waals surface area (Å²) in [5, 5.41) is 10.4. The van der Waals surface area contributed by atoms with Gasteiger partial charge in [0.15, 0.2) is 11.5 Å². The molecule has 1 aromatic heterocycles. The predicted molar refractivity (Wildman–Crippen MR) is 103 cm³/mol. The molecule has 140 valence electrons. The number of hydrogen-bond donors (Lipinski definition) is 2. The number of carbonyl (C=O) groups is 1. The number of aromatic nitrogens is 3. The summed E-state index contributed by atoms with van der Waals surface area (Å²) in [7, 11) is 1.51. The Balaban J connectivity index is 1.82. The van der Waals surface area contributed by atoms with Gasteiger partial charge in [-0.05, 0) is 36.8 Å². The molecule has 3 rings (SSSR count). The number of rotatable bonds is 5. The molecule has 2 aromatic carbocycles. The van der Waals surface area contributed by atoms with Crippen molar-refractivity contribution in [3.8, 4) is 5.75 Å². The Hall–Kier alpha value is -2.94. The molecule has 3 N–H and O–H groups in total. The fraction of sp³-hybridized carbons (Fsp3) is 0.167. The molecule has 0 saturated heterocycles. The Kier molecular flexibility index (Phi) is 5.41. The van der Waals surface area contributed by atoms with Crippen molar-refractivity contribution in [2.75, 3.05) is 18.2 Å². The van der Waals surface area contributed by atoms with Gasteiger partial charge in [-0.15, -0.1) is 5.10 Å². The average molecular weight is 434 g/mol. The molecule has 0 bridgehead atoms. The minimum Gasteiger partial charge on any atom is -0.495 e. The van der Waals surface area contributed by atoms with Crippen LogP contribution in [0, 0.1) is 12.7 Å². The van der Waals surface area contributed by atoms with Gasteiger partial charge in [-0.25, -0.2) is 9.07 Å². The summed E-state index contributed by atoms with van der Waals surface area (Å²) in [4.78, 5) is 12.5. The summed E-state index contributed by atoms with van der Waals surface area (Å²) < 4.78 is 21.2. The minimum absolute atomic E-state index is 0.0430. The maximum absolute atomic E-state index is 14.0. The van der Waals surface area contributed by atoms with E-state index in [4.69, 9.17) is 10.5 Å². The number of halogens is 2. The van der Waals surface area contributed by atoms with Crippen molar-refractivity contribution in [1.82, 2.24) is 15.0 Å². The van der Waals surface area contributed by atoms with Crippen LogP contribution >= 0.6 is 15.9 Å². The van der Waals surface area contributed by atoms with Gasteiger partial charge < -0.3 is 15.8 Å². The fourth-order valence-electron chi connectivity index (χ4n) is 2.51. The molecule has 9 heteroatoms. The molecule has 0 aliphatic heterocycles. The van der Waals surface area contributed by atoms with Crippen molar-refractivity contribution >= 4 is 33.3 Å². The van der Waals surface area contributed by atoms with E-state index in [0.29, 0.717) is 21.5 Å². The molecule has 0 fully saturated rings. The van der Waals surface area contributed by atoms with E-state index >= 15 is 0 Å². The van der Waals surface area contributed by atoms with Gasteiger partial charge in [0.25, 0.3) is 5.91 Å². The molecule has 1 amide bonds. The third-order valence-electron chi connectivity index (χ3n) is 3.93. The SMILES string of the molecule is COc1ccc(C)cc1NC(=O)c1nnn(Cc2ccc(Br)cc2F)c1N. The Morgan fingerprint density at radius 2 is 2.11 bits per heavy atom. The lowest BCUT2D eigenvalue weighted by Gasteiger charge is -2.10. The van der Waals surface area contributed by atoms with E-state index in [1.807, 2.05) is 13.0 Å². The molecule has 0 unspecified atom stereocenters. The minimum atomic E-state index is -0.529. The highest BCUT2D eigenvalue weighted by Crippen LogP contribution is 2.26. The number of nitrogens with one attached hydrogen (secondary N) is 1. The normalized spacial score (nSPS) is 10.7. The molecule has 0 radical (unpaired) electrons. The molecule has 0 aliphatic rings. The Morgan fingerprint density at radius 1 is 1.33 bits per heavy atom. The first-order valence-electron chi connectivity index (χ1n) is 7.98. The van der Waals surface area contributed by atoms with Crippen molar-refractivity contribution in [3.05, 3.63) is 63.5 Å². The van der Waals surface area contributed by atoms with Crippen LogP contribution in [-0.4, -0.2) is 28.0 Å². The van der Waals surface area contributed by atoms with Crippen LogP contribution in [0.2, 0.25) is 0 Å². The molecule has 0 saturated carbocycles. The number of ether oxygens (including phenoxy) is 1. The van der Waals surface area contributed by atoms with E-state index in [1.54, 1.807) is 24.3 Å². The van der Waals surface area contributed by atoms with Gasteiger partial charge in [0.1, 0.15) is 11.6 Å². The summed E-state index contributed by atoms with van der Waals surface area (Å²) in [6.07, 6.45) is 0. The van der Waals surface area contributed by atoms with Crippen LogP contribution in [-0.2, 0) is 6.54 Å². The quantitative estimate of drug-likeness (QED) is 0.642. The number of hydrogen-bond acceptors (Lipinski definition) is 5. The van der Waals surface area contributed by atoms with Crippen LogP contribution < -0.4 is 15.8 Å². The first kappa shape index (κ1) is 18.8. The van der Waals surface area contributed by atoms with Crippen molar-refractivity contribution in [2.45, 2.75) is 13.5 Å². The second kappa shape index (κ2) is 7.75. The summed E-state index contributed by atoms with van der Waals surface area (Å²) in [6, 6.07) is 10.1. The van der Waals surface area contributed by atoms with Crippen molar-refractivity contribution in [2.24, 2.45) is 0 Å². The zero-order valence-corrected chi connectivity index (χ0v) is 16.2. The van der Waals surface area contributed by atoms with Gasteiger partial charge in [0, 0.05) is 10.0 Å². The van der Waals surface area contributed by atoms with Gasteiger partial charge in [-0.3, -0.25) is 4.79 Å². The van der Waals surface area contributed by atoms with Crippen LogP contribution in [0.5, 0.6) is 5.75 Å². The number of amides is 1. The van der Waals surface area contributed by atoms with Gasteiger partial charge >= 0.3 is 0 Å². The smallest absolute Gasteiger partial charge is 0.280 e. The lowest BCUT2D eigenvalue weighted by molar-refractivity contribution is 0.102. The zero-order valence-electron chi connectivity index (χ0n) is 14.7. The molecule has 7 nitrogen and oxygen atoms in total. The first-order valence-corrected chi connectivity index (χ1v) is 8.77. The van der Waals surface area contributed by atoms with E-state index < -0.39 is 11.7 Å². The molecular formula is C18H17BrFN5O2. The van der Waals surface area contributed by atoms with Crippen molar-refractivity contribution in [1.29, 1.82) is 0 Å². The van der Waals surface area contributed by atoms with Crippen LogP contribution in [0.15, 0.2) is 40.9 Å². The maximum Gasteiger partial charge on any atom is 0.280 e. The second-order valence-electron chi connectivity index (χ2n) is 5.87. The Morgan fingerprint density at radius 3 is 2.81 bits per heavy atom. The maximum atomic E-state index is 14.0. The van der Waals surface area contributed by atoms with Crippen molar-refractivity contribution in [3.63, 3.8) is 0 Å².